The summed E-state index contributed by atoms with van der Waals surface area (Å²) in [6.07, 6.45) is 1.64. The van der Waals surface area contributed by atoms with Crippen molar-refractivity contribution in [3.63, 3.8) is 0 Å². The molecule has 106 valence electrons. The molecule has 0 saturated heterocycles. The maximum Gasteiger partial charge on any atom is 0.328 e. The molecule has 0 radical (unpaired) electrons. The van der Waals surface area contributed by atoms with Crippen LogP contribution in [0.5, 0.6) is 5.75 Å². The quantitative estimate of drug-likeness (QED) is 0.653. The first-order chi connectivity index (χ1) is 9.58. The summed E-state index contributed by atoms with van der Waals surface area (Å²) in [4.78, 5) is 15.7. The number of anilines is 2. The van der Waals surface area contributed by atoms with Gasteiger partial charge in [-0.2, -0.15) is 0 Å². The normalized spacial score (nSPS) is 11.9. The predicted molar refractivity (Wildman–Crippen MR) is 77.8 cm³/mol. The molecule has 0 aliphatic rings. The molecule has 0 aliphatic heterocycles. The van der Waals surface area contributed by atoms with E-state index in [1.54, 1.807) is 32.4 Å². The Balaban J connectivity index is 2.52. The SMILES string of the molecule is COC(=O)C(C)Nc1nccc2c(OC)ccc(N)c12. The highest BCUT2D eigenvalue weighted by Crippen LogP contribution is 2.34. The summed E-state index contributed by atoms with van der Waals surface area (Å²) >= 11 is 0. The maximum absolute atomic E-state index is 11.5. The second-order valence-electron chi connectivity index (χ2n) is 4.33. The summed E-state index contributed by atoms with van der Waals surface area (Å²) in [6.45, 7) is 1.70. The molecule has 20 heavy (non-hydrogen) atoms. The van der Waals surface area contributed by atoms with Crippen LogP contribution < -0.4 is 15.8 Å². The van der Waals surface area contributed by atoms with Crippen molar-refractivity contribution in [2.45, 2.75) is 13.0 Å². The van der Waals surface area contributed by atoms with E-state index in [9.17, 15) is 4.79 Å². The third-order valence-electron chi connectivity index (χ3n) is 3.05. The van der Waals surface area contributed by atoms with Crippen molar-refractivity contribution >= 4 is 28.2 Å². The Morgan fingerprint density at radius 3 is 2.75 bits per heavy atom. The Morgan fingerprint density at radius 1 is 1.35 bits per heavy atom. The van der Waals surface area contributed by atoms with Gasteiger partial charge in [0.25, 0.3) is 0 Å². The zero-order chi connectivity index (χ0) is 14.7. The number of pyridine rings is 1. The number of benzene rings is 1. The fourth-order valence-corrected chi connectivity index (χ4v) is 2.03. The number of nitrogen functional groups attached to an aromatic ring is 1. The van der Waals surface area contributed by atoms with Gasteiger partial charge in [0, 0.05) is 17.3 Å². The number of nitrogens with zero attached hydrogens (tertiary/aromatic N) is 1. The van der Waals surface area contributed by atoms with Gasteiger partial charge in [0.05, 0.1) is 19.6 Å². The number of ether oxygens (including phenoxy) is 2. The number of hydrogen-bond donors (Lipinski definition) is 2. The Kier molecular flexibility index (Phi) is 3.93. The zero-order valence-corrected chi connectivity index (χ0v) is 11.6. The van der Waals surface area contributed by atoms with E-state index in [0.717, 1.165) is 10.8 Å². The number of hydrogen-bond acceptors (Lipinski definition) is 6. The minimum absolute atomic E-state index is 0.370. The number of nitrogens with one attached hydrogen (secondary N) is 1. The van der Waals surface area contributed by atoms with Crippen molar-refractivity contribution in [1.29, 1.82) is 0 Å². The summed E-state index contributed by atoms with van der Waals surface area (Å²) in [5.74, 6) is 0.854. The lowest BCUT2D eigenvalue weighted by Crippen LogP contribution is -2.27. The molecular formula is C14H17N3O3. The molecule has 3 N–H and O–H groups in total. The first-order valence-corrected chi connectivity index (χ1v) is 6.14. The fourth-order valence-electron chi connectivity index (χ4n) is 2.03. The van der Waals surface area contributed by atoms with Gasteiger partial charge < -0.3 is 20.5 Å². The Labute approximate surface area is 116 Å². The number of carbonyl (C=O) groups excluding carboxylic acids is 1. The molecule has 1 unspecified atom stereocenters. The highest BCUT2D eigenvalue weighted by molar-refractivity contribution is 6.04. The average Bonchev–Trinajstić information content (AvgIpc) is 2.46. The van der Waals surface area contributed by atoms with Crippen molar-refractivity contribution < 1.29 is 14.3 Å². The molecule has 6 nitrogen and oxygen atoms in total. The number of carbonyl (C=O) groups is 1. The lowest BCUT2D eigenvalue weighted by Gasteiger charge is -2.16. The van der Waals surface area contributed by atoms with Crippen LogP contribution in [0, 0.1) is 0 Å². The van der Waals surface area contributed by atoms with Gasteiger partial charge >= 0.3 is 5.97 Å². The van der Waals surface area contributed by atoms with E-state index in [0.29, 0.717) is 17.3 Å². The van der Waals surface area contributed by atoms with Crippen LogP contribution in [0.3, 0.4) is 0 Å². The maximum atomic E-state index is 11.5. The number of aromatic nitrogens is 1. The van der Waals surface area contributed by atoms with Crippen LogP contribution in [-0.4, -0.2) is 31.2 Å². The van der Waals surface area contributed by atoms with Crippen molar-refractivity contribution in [2.75, 3.05) is 25.3 Å². The molecule has 0 aliphatic carbocycles. The number of methoxy groups -OCH3 is 2. The average molecular weight is 275 g/mol. The standard InChI is InChI=1S/C14H17N3O3/c1-8(14(18)20-3)17-13-12-9(6-7-16-13)11(19-2)5-4-10(12)15/h4-8H,15H2,1-3H3,(H,16,17). The number of fused-ring (bicyclic) bond motifs is 1. The van der Waals surface area contributed by atoms with Crippen molar-refractivity contribution in [3.05, 3.63) is 24.4 Å². The summed E-state index contributed by atoms with van der Waals surface area (Å²) in [6, 6.07) is 4.84. The van der Waals surface area contributed by atoms with Crippen LogP contribution in [0.1, 0.15) is 6.92 Å². The molecule has 6 heteroatoms. The first-order valence-electron chi connectivity index (χ1n) is 6.14. The predicted octanol–water partition coefficient (Wildman–Crippen LogP) is 1.80. The van der Waals surface area contributed by atoms with Crippen LogP contribution in [0.2, 0.25) is 0 Å². The summed E-state index contributed by atoms with van der Waals surface area (Å²) in [5, 5.41) is 4.57. The molecule has 0 spiro atoms. The summed E-state index contributed by atoms with van der Waals surface area (Å²) in [5.41, 5.74) is 6.58. The number of rotatable bonds is 4. The highest BCUT2D eigenvalue weighted by Gasteiger charge is 2.16. The van der Waals surface area contributed by atoms with Crippen molar-refractivity contribution in [2.24, 2.45) is 0 Å². The van der Waals surface area contributed by atoms with Crippen molar-refractivity contribution in [1.82, 2.24) is 4.98 Å². The van der Waals surface area contributed by atoms with Gasteiger partial charge in [0.2, 0.25) is 0 Å². The molecule has 1 aromatic carbocycles. The van der Waals surface area contributed by atoms with Crippen LogP contribution in [-0.2, 0) is 9.53 Å². The molecule has 1 aromatic heterocycles. The molecule has 1 heterocycles. The van der Waals surface area contributed by atoms with Gasteiger partial charge in [-0.25, -0.2) is 9.78 Å². The zero-order valence-electron chi connectivity index (χ0n) is 11.6. The minimum atomic E-state index is -0.524. The van der Waals surface area contributed by atoms with Gasteiger partial charge in [-0.15, -0.1) is 0 Å². The molecule has 2 aromatic rings. The van der Waals surface area contributed by atoms with E-state index in [2.05, 4.69) is 15.0 Å². The lowest BCUT2D eigenvalue weighted by molar-refractivity contribution is -0.141. The highest BCUT2D eigenvalue weighted by atomic mass is 16.5. The Bertz CT molecular complexity index is 643. The monoisotopic (exact) mass is 275 g/mol. The van der Waals surface area contributed by atoms with Gasteiger partial charge in [-0.3, -0.25) is 0 Å². The molecule has 0 amide bonds. The van der Waals surface area contributed by atoms with E-state index < -0.39 is 6.04 Å². The fraction of sp³-hybridized carbons (Fsp3) is 0.286. The van der Waals surface area contributed by atoms with E-state index in [1.165, 1.54) is 7.11 Å². The molecule has 1 atom stereocenters. The molecule has 0 bridgehead atoms. The van der Waals surface area contributed by atoms with E-state index >= 15 is 0 Å². The van der Waals surface area contributed by atoms with E-state index in [1.807, 2.05) is 6.07 Å². The second kappa shape index (κ2) is 5.64. The second-order valence-corrected chi connectivity index (χ2v) is 4.33. The minimum Gasteiger partial charge on any atom is -0.496 e. The Morgan fingerprint density at radius 2 is 2.10 bits per heavy atom. The largest absolute Gasteiger partial charge is 0.496 e. The van der Waals surface area contributed by atoms with E-state index in [-0.39, 0.29) is 5.97 Å². The number of nitrogens with two attached hydrogens (primary N) is 1. The molecule has 2 rings (SSSR count). The van der Waals surface area contributed by atoms with E-state index in [4.69, 9.17) is 10.5 Å². The summed E-state index contributed by atoms with van der Waals surface area (Å²) < 4.78 is 9.99. The Hall–Kier alpha value is -2.50. The smallest absolute Gasteiger partial charge is 0.328 e. The molecule has 0 saturated carbocycles. The first kappa shape index (κ1) is 13.9. The summed E-state index contributed by atoms with van der Waals surface area (Å²) in [7, 11) is 2.93. The van der Waals surface area contributed by atoms with Gasteiger partial charge in [0.1, 0.15) is 17.6 Å². The van der Waals surface area contributed by atoms with Gasteiger partial charge in [-0.05, 0) is 25.1 Å². The van der Waals surface area contributed by atoms with Crippen LogP contribution in [0.4, 0.5) is 11.5 Å². The molecular weight excluding hydrogens is 258 g/mol. The third kappa shape index (κ3) is 2.45. The molecule has 0 fully saturated rings. The van der Waals surface area contributed by atoms with Gasteiger partial charge in [-0.1, -0.05) is 0 Å². The van der Waals surface area contributed by atoms with Crippen LogP contribution in [0.15, 0.2) is 24.4 Å². The van der Waals surface area contributed by atoms with Crippen molar-refractivity contribution in [3.8, 4) is 5.75 Å². The lowest BCUT2D eigenvalue weighted by atomic mass is 10.1. The van der Waals surface area contributed by atoms with Crippen LogP contribution in [0.25, 0.3) is 10.8 Å². The third-order valence-corrected chi connectivity index (χ3v) is 3.05. The number of esters is 1. The topological polar surface area (TPSA) is 86.5 Å². The van der Waals surface area contributed by atoms with Crippen LogP contribution >= 0.6 is 0 Å². The van der Waals surface area contributed by atoms with Gasteiger partial charge in [0.15, 0.2) is 0 Å².